The standard InChI is InChI=1S/C16H18N4O3/c1-10(21)13-14(18-8-7-17-13)12-6-5-11(9-19-12)20-15(22)23-16(2,3)4/h5-9H,1-4H3,(H,20,22). The highest BCUT2D eigenvalue weighted by atomic mass is 16.6. The summed E-state index contributed by atoms with van der Waals surface area (Å²) in [6.45, 7) is 6.77. The van der Waals surface area contributed by atoms with E-state index in [9.17, 15) is 9.59 Å². The summed E-state index contributed by atoms with van der Waals surface area (Å²) < 4.78 is 5.16. The third kappa shape index (κ3) is 4.57. The van der Waals surface area contributed by atoms with Crippen LogP contribution in [0.3, 0.4) is 0 Å². The number of amides is 1. The monoisotopic (exact) mass is 314 g/mol. The summed E-state index contributed by atoms with van der Waals surface area (Å²) in [5, 5.41) is 2.59. The molecule has 2 aromatic heterocycles. The first kappa shape index (κ1) is 16.5. The second-order valence-corrected chi connectivity index (χ2v) is 5.87. The zero-order valence-electron chi connectivity index (χ0n) is 13.5. The van der Waals surface area contributed by atoms with Crippen molar-refractivity contribution in [2.75, 3.05) is 5.32 Å². The van der Waals surface area contributed by atoms with Crippen molar-refractivity contribution in [3.8, 4) is 11.4 Å². The van der Waals surface area contributed by atoms with E-state index in [1.54, 1.807) is 32.9 Å². The van der Waals surface area contributed by atoms with Gasteiger partial charge < -0.3 is 4.74 Å². The third-order valence-corrected chi connectivity index (χ3v) is 2.68. The van der Waals surface area contributed by atoms with Crippen molar-refractivity contribution in [1.29, 1.82) is 0 Å². The van der Waals surface area contributed by atoms with Crippen LogP contribution in [0.25, 0.3) is 11.4 Å². The van der Waals surface area contributed by atoms with Gasteiger partial charge in [0.2, 0.25) is 0 Å². The minimum absolute atomic E-state index is 0.189. The normalized spacial score (nSPS) is 11.0. The van der Waals surface area contributed by atoms with E-state index in [4.69, 9.17) is 4.74 Å². The summed E-state index contributed by atoms with van der Waals surface area (Å²) in [7, 11) is 0. The Morgan fingerprint density at radius 2 is 1.78 bits per heavy atom. The molecule has 7 heteroatoms. The number of hydrogen-bond acceptors (Lipinski definition) is 6. The number of Topliss-reactive ketones (excluding diaryl/α,β-unsaturated/α-hetero) is 1. The molecule has 0 bridgehead atoms. The van der Waals surface area contributed by atoms with Gasteiger partial charge in [-0.15, -0.1) is 0 Å². The molecule has 7 nitrogen and oxygen atoms in total. The Kier molecular flexibility index (Phi) is 4.68. The minimum atomic E-state index is -0.576. The Bertz CT molecular complexity index is 721. The molecular weight excluding hydrogens is 296 g/mol. The van der Waals surface area contributed by atoms with Gasteiger partial charge in [-0.25, -0.2) is 9.78 Å². The lowest BCUT2D eigenvalue weighted by Gasteiger charge is -2.19. The van der Waals surface area contributed by atoms with E-state index in [1.165, 1.54) is 25.5 Å². The Morgan fingerprint density at radius 1 is 1.09 bits per heavy atom. The molecule has 2 rings (SSSR count). The first-order valence-corrected chi connectivity index (χ1v) is 7.04. The van der Waals surface area contributed by atoms with E-state index in [2.05, 4.69) is 20.3 Å². The van der Waals surface area contributed by atoms with E-state index in [0.717, 1.165) is 0 Å². The van der Waals surface area contributed by atoms with Gasteiger partial charge in [-0.05, 0) is 32.9 Å². The number of carbonyl (C=O) groups is 2. The lowest BCUT2D eigenvalue weighted by molar-refractivity contribution is 0.0635. The lowest BCUT2D eigenvalue weighted by atomic mass is 10.1. The smallest absolute Gasteiger partial charge is 0.412 e. The van der Waals surface area contributed by atoms with Crippen LogP contribution < -0.4 is 5.32 Å². The van der Waals surface area contributed by atoms with E-state index >= 15 is 0 Å². The van der Waals surface area contributed by atoms with Gasteiger partial charge in [0.15, 0.2) is 5.78 Å². The molecule has 0 spiro atoms. The molecule has 2 heterocycles. The number of ketones is 1. The van der Waals surface area contributed by atoms with Crippen molar-refractivity contribution >= 4 is 17.6 Å². The van der Waals surface area contributed by atoms with E-state index in [1.807, 2.05) is 0 Å². The number of ether oxygens (including phenoxy) is 1. The van der Waals surface area contributed by atoms with Crippen LogP contribution in [0, 0.1) is 0 Å². The Hall–Kier alpha value is -2.83. The van der Waals surface area contributed by atoms with Crippen molar-refractivity contribution in [2.45, 2.75) is 33.3 Å². The maximum atomic E-state index is 11.7. The molecule has 0 aliphatic rings. The summed E-state index contributed by atoms with van der Waals surface area (Å²) in [4.78, 5) is 35.7. The van der Waals surface area contributed by atoms with Crippen LogP contribution in [0.4, 0.5) is 10.5 Å². The summed E-state index contributed by atoms with van der Waals surface area (Å²) in [6, 6.07) is 3.31. The first-order valence-electron chi connectivity index (χ1n) is 7.04. The van der Waals surface area contributed by atoms with Crippen molar-refractivity contribution < 1.29 is 14.3 Å². The zero-order chi connectivity index (χ0) is 17.0. The highest BCUT2D eigenvalue weighted by molar-refractivity contribution is 5.97. The maximum absolute atomic E-state index is 11.7. The molecule has 23 heavy (non-hydrogen) atoms. The summed E-state index contributed by atoms with van der Waals surface area (Å²) in [5.74, 6) is -0.189. The summed E-state index contributed by atoms with van der Waals surface area (Å²) in [6.07, 6.45) is 3.86. The largest absolute Gasteiger partial charge is 0.444 e. The quantitative estimate of drug-likeness (QED) is 0.875. The van der Waals surface area contributed by atoms with Gasteiger partial charge in [-0.1, -0.05) is 0 Å². The Balaban J connectivity index is 2.18. The number of nitrogens with one attached hydrogen (secondary N) is 1. The number of anilines is 1. The van der Waals surface area contributed by atoms with Gasteiger partial charge in [0.05, 0.1) is 17.6 Å². The molecule has 0 fully saturated rings. The predicted octanol–water partition coefficient (Wildman–Crippen LogP) is 3.09. The van der Waals surface area contributed by atoms with Crippen molar-refractivity contribution in [3.05, 3.63) is 36.4 Å². The van der Waals surface area contributed by atoms with Crippen LogP contribution >= 0.6 is 0 Å². The fourth-order valence-corrected chi connectivity index (χ4v) is 1.81. The van der Waals surface area contributed by atoms with Crippen LogP contribution in [0.15, 0.2) is 30.7 Å². The van der Waals surface area contributed by atoms with Gasteiger partial charge in [-0.3, -0.25) is 20.1 Å². The number of hydrogen-bond donors (Lipinski definition) is 1. The topological polar surface area (TPSA) is 94.1 Å². The predicted molar refractivity (Wildman–Crippen MR) is 85.1 cm³/mol. The Labute approximate surface area is 134 Å². The molecule has 0 radical (unpaired) electrons. The molecule has 120 valence electrons. The second kappa shape index (κ2) is 6.51. The maximum Gasteiger partial charge on any atom is 0.412 e. The number of pyridine rings is 1. The molecule has 0 aliphatic heterocycles. The van der Waals surface area contributed by atoms with Crippen LogP contribution in [-0.4, -0.2) is 32.4 Å². The van der Waals surface area contributed by atoms with Crippen LogP contribution in [-0.2, 0) is 4.74 Å². The summed E-state index contributed by atoms with van der Waals surface area (Å²) in [5.41, 5.74) is 1.07. The highest BCUT2D eigenvalue weighted by Crippen LogP contribution is 2.19. The van der Waals surface area contributed by atoms with E-state index < -0.39 is 11.7 Å². The average molecular weight is 314 g/mol. The minimum Gasteiger partial charge on any atom is -0.444 e. The van der Waals surface area contributed by atoms with Crippen molar-refractivity contribution in [3.63, 3.8) is 0 Å². The lowest BCUT2D eigenvalue weighted by Crippen LogP contribution is -2.27. The molecule has 0 atom stereocenters. The van der Waals surface area contributed by atoms with Crippen molar-refractivity contribution in [2.24, 2.45) is 0 Å². The van der Waals surface area contributed by atoms with Crippen LogP contribution in [0.5, 0.6) is 0 Å². The second-order valence-electron chi connectivity index (χ2n) is 5.87. The average Bonchev–Trinajstić information content (AvgIpc) is 2.46. The molecule has 0 aromatic carbocycles. The Morgan fingerprint density at radius 3 is 2.35 bits per heavy atom. The van der Waals surface area contributed by atoms with Gasteiger partial charge in [-0.2, -0.15) is 0 Å². The van der Waals surface area contributed by atoms with Gasteiger partial charge in [0, 0.05) is 19.3 Å². The molecule has 0 saturated carbocycles. The molecule has 0 unspecified atom stereocenters. The summed E-state index contributed by atoms with van der Waals surface area (Å²) >= 11 is 0. The van der Waals surface area contributed by atoms with Crippen LogP contribution in [0.1, 0.15) is 38.2 Å². The molecule has 0 aliphatic carbocycles. The van der Waals surface area contributed by atoms with E-state index in [0.29, 0.717) is 17.1 Å². The SMILES string of the molecule is CC(=O)c1nccnc1-c1ccc(NC(=O)OC(C)(C)C)cn1. The first-order chi connectivity index (χ1) is 10.8. The third-order valence-electron chi connectivity index (χ3n) is 2.68. The highest BCUT2D eigenvalue weighted by Gasteiger charge is 2.17. The molecule has 0 saturated heterocycles. The number of aromatic nitrogens is 3. The van der Waals surface area contributed by atoms with Crippen LogP contribution in [0.2, 0.25) is 0 Å². The molecule has 1 N–H and O–H groups in total. The molecule has 2 aromatic rings. The fraction of sp³-hybridized carbons (Fsp3) is 0.312. The number of carbonyl (C=O) groups excluding carboxylic acids is 2. The van der Waals surface area contributed by atoms with Gasteiger partial charge >= 0.3 is 6.09 Å². The number of nitrogens with zero attached hydrogens (tertiary/aromatic N) is 3. The van der Waals surface area contributed by atoms with Gasteiger partial charge in [0.1, 0.15) is 17.0 Å². The fourth-order valence-electron chi connectivity index (χ4n) is 1.81. The van der Waals surface area contributed by atoms with E-state index in [-0.39, 0.29) is 11.5 Å². The molecule has 1 amide bonds. The van der Waals surface area contributed by atoms with Crippen molar-refractivity contribution in [1.82, 2.24) is 15.0 Å². The number of rotatable bonds is 3. The van der Waals surface area contributed by atoms with Gasteiger partial charge in [0.25, 0.3) is 0 Å². The molecular formula is C16H18N4O3. The zero-order valence-corrected chi connectivity index (χ0v) is 13.5.